The van der Waals surface area contributed by atoms with Crippen molar-refractivity contribution in [1.29, 1.82) is 0 Å². The van der Waals surface area contributed by atoms with Crippen molar-refractivity contribution in [1.82, 2.24) is 0 Å². The fraction of sp³-hybridized carbons (Fsp3) is 0.812. The van der Waals surface area contributed by atoms with Gasteiger partial charge < -0.3 is 0 Å². The SMILES string of the molecule is CCC[CH2][Sn]([CH2]CCC)([CH2]CCC)[CH2]c1ccccc1[CH2][Sn]([CH2]CCC)([CH2]CCC)[CH2]CCC. The van der Waals surface area contributed by atoms with Crippen molar-refractivity contribution in [3.8, 4) is 0 Å². The minimum atomic E-state index is -2.18. The zero-order valence-electron chi connectivity index (χ0n) is 24.5. The molecular weight excluding hydrogens is 622 g/mol. The zero-order valence-corrected chi connectivity index (χ0v) is 30.2. The van der Waals surface area contributed by atoms with E-state index in [1.807, 2.05) is 11.1 Å². The van der Waals surface area contributed by atoms with E-state index >= 15 is 0 Å². The Morgan fingerprint density at radius 3 is 0.853 bits per heavy atom. The standard InChI is InChI=1S/C8H8.6C4H9.2Sn/c1-7-5-3-4-6-8(7)2;6*1-3-4-2;;/h3-6H,1-2H2;6*1,3-4H2,2H3;;. The third kappa shape index (κ3) is 12.4. The summed E-state index contributed by atoms with van der Waals surface area (Å²) in [6.45, 7) is 14.5. The molecule has 0 atom stereocenters. The molecule has 0 aliphatic carbocycles. The van der Waals surface area contributed by atoms with Gasteiger partial charge in [-0.05, 0) is 0 Å². The van der Waals surface area contributed by atoms with E-state index in [-0.39, 0.29) is 0 Å². The second-order valence-electron chi connectivity index (χ2n) is 11.7. The molecule has 0 spiro atoms. The first-order chi connectivity index (χ1) is 16.5. The van der Waals surface area contributed by atoms with Gasteiger partial charge in [-0.3, -0.25) is 0 Å². The predicted molar refractivity (Wildman–Crippen MR) is 164 cm³/mol. The first-order valence-corrected chi connectivity index (χ1v) is 31.8. The van der Waals surface area contributed by atoms with Gasteiger partial charge in [0, 0.05) is 0 Å². The molecule has 34 heavy (non-hydrogen) atoms. The van der Waals surface area contributed by atoms with Crippen LogP contribution in [-0.4, -0.2) is 36.8 Å². The molecule has 0 heterocycles. The van der Waals surface area contributed by atoms with Crippen LogP contribution in [0.2, 0.25) is 26.6 Å². The van der Waals surface area contributed by atoms with Gasteiger partial charge in [0.25, 0.3) is 0 Å². The van der Waals surface area contributed by atoms with Crippen LogP contribution in [-0.2, 0) is 8.87 Å². The van der Waals surface area contributed by atoms with Crippen LogP contribution < -0.4 is 0 Å². The second kappa shape index (κ2) is 19.9. The summed E-state index contributed by atoms with van der Waals surface area (Å²) < 4.78 is 13.0. The van der Waals surface area contributed by atoms with E-state index in [1.54, 1.807) is 35.5 Å². The normalized spacial score (nSPS) is 12.4. The van der Waals surface area contributed by atoms with Crippen molar-refractivity contribution >= 4 is 36.8 Å². The molecule has 0 amide bonds. The molecule has 0 aliphatic heterocycles. The summed E-state index contributed by atoms with van der Waals surface area (Å²) in [7, 11) is 0. The van der Waals surface area contributed by atoms with E-state index in [9.17, 15) is 0 Å². The Bertz CT molecular complexity index is 512. The average molecular weight is 684 g/mol. The quantitative estimate of drug-likeness (QED) is 0.107. The van der Waals surface area contributed by atoms with Gasteiger partial charge in [0.2, 0.25) is 0 Å². The molecule has 1 rings (SSSR count). The molecule has 1 aromatic carbocycles. The number of benzene rings is 1. The summed E-state index contributed by atoms with van der Waals surface area (Å²) in [4.78, 5) is 0. The van der Waals surface area contributed by atoms with Gasteiger partial charge in [0.1, 0.15) is 0 Å². The summed E-state index contributed by atoms with van der Waals surface area (Å²) in [5.74, 6) is 0. The average Bonchev–Trinajstić information content (AvgIpc) is 2.86. The van der Waals surface area contributed by atoms with Crippen LogP contribution in [0.5, 0.6) is 0 Å². The van der Waals surface area contributed by atoms with Gasteiger partial charge in [0.05, 0.1) is 0 Å². The summed E-state index contributed by atoms with van der Waals surface area (Å²) >= 11 is -4.35. The van der Waals surface area contributed by atoms with Crippen LogP contribution >= 0.6 is 0 Å². The molecule has 0 aliphatic rings. The first-order valence-electron chi connectivity index (χ1n) is 15.6. The maximum atomic E-state index is 2.60. The number of hydrogen-bond acceptors (Lipinski definition) is 0. The van der Waals surface area contributed by atoms with E-state index in [2.05, 4.69) is 65.8 Å². The number of rotatable bonds is 22. The van der Waals surface area contributed by atoms with Gasteiger partial charge >= 0.3 is 226 Å². The molecule has 0 unspecified atom stereocenters. The third-order valence-corrected chi connectivity index (χ3v) is 39.3. The Morgan fingerprint density at radius 2 is 0.647 bits per heavy atom. The van der Waals surface area contributed by atoms with E-state index in [0.29, 0.717) is 0 Å². The molecule has 198 valence electrons. The van der Waals surface area contributed by atoms with Gasteiger partial charge in [0.15, 0.2) is 0 Å². The van der Waals surface area contributed by atoms with Crippen LogP contribution in [0.15, 0.2) is 24.3 Å². The van der Waals surface area contributed by atoms with Gasteiger partial charge in [-0.1, -0.05) is 0 Å². The molecule has 0 saturated heterocycles. The summed E-state index contributed by atoms with van der Waals surface area (Å²) in [5.41, 5.74) is 3.68. The molecule has 1 aromatic rings. The molecule has 0 radical (unpaired) electrons. The van der Waals surface area contributed by atoms with Gasteiger partial charge in [-0.15, -0.1) is 0 Å². The Kier molecular flexibility index (Phi) is 19.2. The molecule has 0 nitrogen and oxygen atoms in total. The Hall–Kier alpha value is 0.817. The maximum absolute atomic E-state index is 2.60. The van der Waals surface area contributed by atoms with E-state index in [1.165, 1.54) is 77.0 Å². The van der Waals surface area contributed by atoms with E-state index in [4.69, 9.17) is 0 Å². The van der Waals surface area contributed by atoms with Gasteiger partial charge in [-0.2, -0.15) is 0 Å². The Balaban J connectivity index is 3.31. The summed E-state index contributed by atoms with van der Waals surface area (Å²) in [6, 6.07) is 9.97. The van der Waals surface area contributed by atoms with Crippen molar-refractivity contribution < 1.29 is 0 Å². The number of hydrogen-bond donors (Lipinski definition) is 0. The topological polar surface area (TPSA) is 0 Å². The third-order valence-electron chi connectivity index (χ3n) is 8.61. The first kappa shape index (κ1) is 32.8. The van der Waals surface area contributed by atoms with Crippen molar-refractivity contribution in [2.24, 2.45) is 0 Å². The van der Waals surface area contributed by atoms with Crippen LogP contribution in [0.4, 0.5) is 0 Å². The van der Waals surface area contributed by atoms with Crippen LogP contribution in [0.25, 0.3) is 0 Å². The van der Waals surface area contributed by atoms with Crippen molar-refractivity contribution in [3.63, 3.8) is 0 Å². The predicted octanol–water partition coefficient (Wildman–Crippen LogP) is 11.5. The molecule has 0 fully saturated rings. The fourth-order valence-corrected chi connectivity index (χ4v) is 39.1. The zero-order chi connectivity index (χ0) is 25.1. The minimum absolute atomic E-state index is 1.39. The summed E-state index contributed by atoms with van der Waals surface area (Å²) in [5, 5.41) is 0. The van der Waals surface area contributed by atoms with Crippen LogP contribution in [0.1, 0.15) is 130 Å². The number of unbranched alkanes of at least 4 members (excludes halogenated alkanes) is 6. The van der Waals surface area contributed by atoms with Crippen molar-refractivity contribution in [2.75, 3.05) is 0 Å². The Labute approximate surface area is 224 Å². The van der Waals surface area contributed by atoms with Crippen molar-refractivity contribution in [2.45, 2.75) is 154 Å². The fourth-order valence-electron chi connectivity index (χ4n) is 6.30. The molecule has 2 heteroatoms. The monoisotopic (exact) mass is 686 g/mol. The Morgan fingerprint density at radius 1 is 0.412 bits per heavy atom. The van der Waals surface area contributed by atoms with E-state index < -0.39 is 36.8 Å². The molecule has 0 aromatic heterocycles. The summed E-state index contributed by atoms with van der Waals surface area (Å²) in [6.07, 6.45) is 17.3. The van der Waals surface area contributed by atoms with E-state index in [0.717, 1.165) is 0 Å². The molecule has 0 N–H and O–H groups in total. The van der Waals surface area contributed by atoms with Crippen LogP contribution in [0, 0.1) is 0 Å². The van der Waals surface area contributed by atoms with Crippen molar-refractivity contribution in [3.05, 3.63) is 35.4 Å². The van der Waals surface area contributed by atoms with Gasteiger partial charge in [-0.25, -0.2) is 0 Å². The second-order valence-corrected chi connectivity index (χ2v) is 39.4. The van der Waals surface area contributed by atoms with Crippen LogP contribution in [0.3, 0.4) is 0 Å². The molecular formula is C32H62Sn2. The molecule has 0 bridgehead atoms. The molecule has 0 saturated carbocycles.